The third kappa shape index (κ3) is 3.43. The first kappa shape index (κ1) is 16.3. The summed E-state index contributed by atoms with van der Waals surface area (Å²) in [7, 11) is 0. The van der Waals surface area contributed by atoms with Crippen molar-refractivity contribution < 1.29 is 0 Å². The van der Waals surface area contributed by atoms with Crippen molar-refractivity contribution in [3.8, 4) is 33.5 Å². The van der Waals surface area contributed by atoms with Gasteiger partial charge in [-0.05, 0) is 60.4 Å². The highest BCUT2D eigenvalue weighted by Crippen LogP contribution is 2.29. The van der Waals surface area contributed by atoms with E-state index in [1.807, 2.05) is 24.4 Å². The highest BCUT2D eigenvalue weighted by Gasteiger charge is 2.05. The van der Waals surface area contributed by atoms with Gasteiger partial charge in [0.2, 0.25) is 0 Å². The second kappa shape index (κ2) is 6.97. The summed E-state index contributed by atoms with van der Waals surface area (Å²) in [5, 5.41) is 0. The van der Waals surface area contributed by atoms with Crippen molar-refractivity contribution in [1.82, 2.24) is 4.98 Å². The predicted molar refractivity (Wildman–Crippen MR) is 110 cm³/mol. The Bertz CT molecular complexity index is 1030. The van der Waals surface area contributed by atoms with E-state index >= 15 is 0 Å². The molecule has 0 bridgehead atoms. The molecule has 0 spiro atoms. The SMILES string of the molecule is Cc1cc(C)cc(-c2cccc(-c3cccc(-c4ccccn4)c3)c2)c1. The smallest absolute Gasteiger partial charge is 0.0702 e. The van der Waals surface area contributed by atoms with Gasteiger partial charge in [0.15, 0.2) is 0 Å². The van der Waals surface area contributed by atoms with Crippen LogP contribution in [0.4, 0.5) is 0 Å². The summed E-state index contributed by atoms with van der Waals surface area (Å²) < 4.78 is 0. The minimum Gasteiger partial charge on any atom is -0.256 e. The number of aromatic nitrogens is 1. The summed E-state index contributed by atoms with van der Waals surface area (Å²) >= 11 is 0. The topological polar surface area (TPSA) is 12.9 Å². The number of hydrogen-bond acceptors (Lipinski definition) is 1. The summed E-state index contributed by atoms with van der Waals surface area (Å²) in [4.78, 5) is 4.47. The molecule has 4 rings (SSSR count). The molecule has 1 nitrogen and oxygen atoms in total. The number of hydrogen-bond donors (Lipinski definition) is 0. The van der Waals surface area contributed by atoms with Crippen LogP contribution in [0, 0.1) is 13.8 Å². The van der Waals surface area contributed by atoms with Crippen LogP contribution in [0.5, 0.6) is 0 Å². The molecular formula is C25H21N. The minimum absolute atomic E-state index is 1.000. The van der Waals surface area contributed by atoms with E-state index in [1.54, 1.807) is 0 Å². The van der Waals surface area contributed by atoms with Gasteiger partial charge in [0.1, 0.15) is 0 Å². The molecule has 1 aromatic heterocycles. The van der Waals surface area contributed by atoms with Crippen molar-refractivity contribution >= 4 is 0 Å². The average molecular weight is 335 g/mol. The molecule has 126 valence electrons. The lowest BCUT2D eigenvalue weighted by Gasteiger charge is -2.09. The predicted octanol–water partition coefficient (Wildman–Crippen LogP) is 6.70. The van der Waals surface area contributed by atoms with Crippen LogP contribution in [-0.4, -0.2) is 4.98 Å². The molecule has 0 atom stereocenters. The molecule has 0 N–H and O–H groups in total. The van der Waals surface area contributed by atoms with Crippen LogP contribution in [0.25, 0.3) is 33.5 Å². The lowest BCUT2D eigenvalue weighted by atomic mass is 9.96. The first-order valence-electron chi connectivity index (χ1n) is 8.90. The summed E-state index contributed by atoms with van der Waals surface area (Å²) in [6, 6.07) is 30.1. The first-order chi connectivity index (χ1) is 12.7. The maximum atomic E-state index is 4.47. The van der Waals surface area contributed by atoms with Crippen molar-refractivity contribution in [2.45, 2.75) is 13.8 Å². The van der Waals surface area contributed by atoms with Gasteiger partial charge in [-0.15, -0.1) is 0 Å². The maximum Gasteiger partial charge on any atom is 0.0702 e. The van der Waals surface area contributed by atoms with Gasteiger partial charge in [-0.1, -0.05) is 71.8 Å². The van der Waals surface area contributed by atoms with Gasteiger partial charge in [-0.2, -0.15) is 0 Å². The fraction of sp³-hybridized carbons (Fsp3) is 0.0800. The molecule has 0 saturated heterocycles. The van der Waals surface area contributed by atoms with Crippen molar-refractivity contribution in [3.05, 3.63) is 102 Å². The minimum atomic E-state index is 1.000. The fourth-order valence-corrected chi connectivity index (χ4v) is 3.41. The summed E-state index contributed by atoms with van der Waals surface area (Å²) in [6.07, 6.45) is 1.84. The van der Waals surface area contributed by atoms with Crippen LogP contribution < -0.4 is 0 Å². The number of rotatable bonds is 3. The standard InChI is InChI=1S/C25H21N/c1-18-13-19(2)15-24(14-18)22-9-5-7-20(16-22)21-8-6-10-23(17-21)25-11-3-4-12-26-25/h3-17H,1-2H3. The van der Waals surface area contributed by atoms with Gasteiger partial charge in [-0.3, -0.25) is 4.98 Å². The van der Waals surface area contributed by atoms with Crippen LogP contribution in [0.15, 0.2) is 91.1 Å². The van der Waals surface area contributed by atoms with Crippen LogP contribution in [0.1, 0.15) is 11.1 Å². The van der Waals surface area contributed by atoms with Gasteiger partial charge >= 0.3 is 0 Å². The molecule has 0 aliphatic rings. The lowest BCUT2D eigenvalue weighted by molar-refractivity contribution is 1.33. The van der Waals surface area contributed by atoms with E-state index in [-0.39, 0.29) is 0 Å². The molecule has 0 amide bonds. The van der Waals surface area contributed by atoms with E-state index in [2.05, 4.69) is 85.6 Å². The molecule has 0 radical (unpaired) electrons. The van der Waals surface area contributed by atoms with Gasteiger partial charge in [0.25, 0.3) is 0 Å². The van der Waals surface area contributed by atoms with E-state index in [9.17, 15) is 0 Å². The summed E-state index contributed by atoms with van der Waals surface area (Å²) in [6.45, 7) is 4.30. The zero-order valence-corrected chi connectivity index (χ0v) is 15.1. The molecule has 0 aliphatic heterocycles. The Morgan fingerprint density at radius 3 is 1.69 bits per heavy atom. The monoisotopic (exact) mass is 335 g/mol. The fourth-order valence-electron chi connectivity index (χ4n) is 3.41. The van der Waals surface area contributed by atoms with E-state index in [4.69, 9.17) is 0 Å². The Morgan fingerprint density at radius 1 is 0.500 bits per heavy atom. The van der Waals surface area contributed by atoms with E-state index in [0.717, 1.165) is 11.3 Å². The van der Waals surface area contributed by atoms with Crippen molar-refractivity contribution in [2.24, 2.45) is 0 Å². The Morgan fingerprint density at radius 2 is 1.08 bits per heavy atom. The van der Waals surface area contributed by atoms with Crippen LogP contribution in [0.3, 0.4) is 0 Å². The first-order valence-corrected chi connectivity index (χ1v) is 8.90. The highest BCUT2D eigenvalue weighted by atomic mass is 14.7. The maximum absolute atomic E-state index is 4.47. The number of nitrogens with zero attached hydrogens (tertiary/aromatic N) is 1. The summed E-state index contributed by atoms with van der Waals surface area (Å²) in [5.74, 6) is 0. The molecule has 3 aromatic carbocycles. The van der Waals surface area contributed by atoms with Gasteiger partial charge in [0.05, 0.1) is 5.69 Å². The van der Waals surface area contributed by atoms with Crippen LogP contribution >= 0.6 is 0 Å². The molecule has 26 heavy (non-hydrogen) atoms. The molecule has 4 aromatic rings. The van der Waals surface area contributed by atoms with Crippen molar-refractivity contribution in [2.75, 3.05) is 0 Å². The molecule has 1 heterocycles. The third-order valence-corrected chi connectivity index (χ3v) is 4.57. The third-order valence-electron chi connectivity index (χ3n) is 4.57. The molecule has 0 fully saturated rings. The zero-order chi connectivity index (χ0) is 17.9. The Kier molecular flexibility index (Phi) is 4.37. The van der Waals surface area contributed by atoms with Gasteiger partial charge in [0, 0.05) is 11.8 Å². The van der Waals surface area contributed by atoms with Crippen molar-refractivity contribution in [1.29, 1.82) is 0 Å². The normalized spacial score (nSPS) is 10.7. The van der Waals surface area contributed by atoms with Crippen LogP contribution in [-0.2, 0) is 0 Å². The van der Waals surface area contributed by atoms with Gasteiger partial charge in [-0.25, -0.2) is 0 Å². The quantitative estimate of drug-likeness (QED) is 0.406. The second-order valence-electron chi connectivity index (χ2n) is 6.75. The van der Waals surface area contributed by atoms with Crippen molar-refractivity contribution in [3.63, 3.8) is 0 Å². The number of benzene rings is 3. The molecule has 0 unspecified atom stereocenters. The Labute approximate surface area is 155 Å². The zero-order valence-electron chi connectivity index (χ0n) is 15.1. The number of pyridine rings is 1. The highest BCUT2D eigenvalue weighted by molar-refractivity contribution is 5.76. The van der Waals surface area contributed by atoms with E-state index in [0.29, 0.717) is 0 Å². The lowest BCUT2D eigenvalue weighted by Crippen LogP contribution is -1.86. The average Bonchev–Trinajstić information content (AvgIpc) is 2.68. The van der Waals surface area contributed by atoms with Crippen LogP contribution in [0.2, 0.25) is 0 Å². The number of aryl methyl sites for hydroxylation is 2. The van der Waals surface area contributed by atoms with Gasteiger partial charge < -0.3 is 0 Å². The Balaban J connectivity index is 1.75. The summed E-state index contributed by atoms with van der Waals surface area (Å²) in [5.41, 5.74) is 9.67. The van der Waals surface area contributed by atoms with E-state index in [1.165, 1.54) is 33.4 Å². The molecule has 0 saturated carbocycles. The largest absolute Gasteiger partial charge is 0.256 e. The molecule has 0 aliphatic carbocycles. The second-order valence-corrected chi connectivity index (χ2v) is 6.75. The molecule has 1 heteroatoms. The van der Waals surface area contributed by atoms with E-state index < -0.39 is 0 Å². The Hall–Kier alpha value is -3.19. The molecular weight excluding hydrogens is 314 g/mol.